The van der Waals surface area contributed by atoms with Crippen molar-refractivity contribution in [3.05, 3.63) is 35.4 Å². The molecular formula is C11H8F3NO2. The Morgan fingerprint density at radius 2 is 1.94 bits per heavy atom. The van der Waals surface area contributed by atoms with Crippen molar-refractivity contribution >= 4 is 11.7 Å². The number of benzene rings is 1. The van der Waals surface area contributed by atoms with Gasteiger partial charge in [0.05, 0.1) is 6.04 Å². The van der Waals surface area contributed by atoms with Crippen LogP contribution in [0.2, 0.25) is 0 Å². The van der Waals surface area contributed by atoms with E-state index in [0.29, 0.717) is 11.1 Å². The third-order valence-corrected chi connectivity index (χ3v) is 2.59. The molecule has 0 heterocycles. The Labute approximate surface area is 94.6 Å². The van der Waals surface area contributed by atoms with Gasteiger partial charge in [0.2, 0.25) is 0 Å². The first-order chi connectivity index (χ1) is 7.89. The zero-order chi connectivity index (χ0) is 12.6. The second-order valence-electron chi connectivity index (χ2n) is 3.74. The summed E-state index contributed by atoms with van der Waals surface area (Å²) in [5, 5.41) is 1.82. The fraction of sp³-hybridized carbons (Fsp3) is 0.273. The molecule has 0 radical (unpaired) electrons. The van der Waals surface area contributed by atoms with Crippen LogP contribution in [0, 0.1) is 0 Å². The summed E-state index contributed by atoms with van der Waals surface area (Å²) in [4.78, 5) is 22.3. The molecule has 0 aliphatic heterocycles. The average Bonchev–Trinajstić information content (AvgIpc) is 2.56. The van der Waals surface area contributed by atoms with Gasteiger partial charge in [-0.15, -0.1) is 0 Å². The molecule has 6 heteroatoms. The molecular weight excluding hydrogens is 235 g/mol. The van der Waals surface area contributed by atoms with E-state index >= 15 is 0 Å². The second-order valence-corrected chi connectivity index (χ2v) is 3.74. The number of carbonyl (C=O) groups is 2. The number of alkyl halides is 3. The molecule has 0 saturated heterocycles. The summed E-state index contributed by atoms with van der Waals surface area (Å²) in [5.74, 6) is -2.28. The topological polar surface area (TPSA) is 46.2 Å². The SMILES string of the molecule is O=C1CC(NC(=O)C(F)(F)F)c2ccccc21. The zero-order valence-corrected chi connectivity index (χ0v) is 8.54. The number of halogens is 3. The van der Waals surface area contributed by atoms with Gasteiger partial charge >= 0.3 is 12.1 Å². The highest BCUT2D eigenvalue weighted by molar-refractivity contribution is 6.01. The maximum absolute atomic E-state index is 12.1. The van der Waals surface area contributed by atoms with Crippen LogP contribution in [0.25, 0.3) is 0 Å². The van der Waals surface area contributed by atoms with Crippen molar-refractivity contribution < 1.29 is 22.8 Å². The van der Waals surface area contributed by atoms with Gasteiger partial charge in [0.25, 0.3) is 0 Å². The molecule has 17 heavy (non-hydrogen) atoms. The van der Waals surface area contributed by atoms with Crippen LogP contribution in [0.3, 0.4) is 0 Å². The van der Waals surface area contributed by atoms with E-state index in [2.05, 4.69) is 0 Å². The molecule has 2 rings (SSSR count). The van der Waals surface area contributed by atoms with Crippen LogP contribution in [0.1, 0.15) is 28.4 Å². The first-order valence-electron chi connectivity index (χ1n) is 4.89. The Hall–Kier alpha value is -1.85. The van der Waals surface area contributed by atoms with E-state index in [1.165, 1.54) is 6.07 Å². The van der Waals surface area contributed by atoms with Gasteiger partial charge in [0.15, 0.2) is 5.78 Å². The van der Waals surface area contributed by atoms with Crippen molar-refractivity contribution in [3.8, 4) is 0 Å². The monoisotopic (exact) mass is 243 g/mol. The number of carbonyl (C=O) groups excluding carboxylic acids is 2. The van der Waals surface area contributed by atoms with Crippen molar-refractivity contribution in [2.45, 2.75) is 18.6 Å². The minimum absolute atomic E-state index is 0.124. The summed E-state index contributed by atoms with van der Waals surface area (Å²) >= 11 is 0. The van der Waals surface area contributed by atoms with Gasteiger partial charge in [-0.3, -0.25) is 9.59 Å². The summed E-state index contributed by atoms with van der Waals surface area (Å²) in [7, 11) is 0. The molecule has 90 valence electrons. The van der Waals surface area contributed by atoms with Gasteiger partial charge < -0.3 is 5.32 Å². The Morgan fingerprint density at radius 1 is 1.29 bits per heavy atom. The lowest BCUT2D eigenvalue weighted by molar-refractivity contribution is -0.174. The van der Waals surface area contributed by atoms with E-state index in [1.54, 1.807) is 18.2 Å². The van der Waals surface area contributed by atoms with Crippen LogP contribution in [-0.4, -0.2) is 17.9 Å². The van der Waals surface area contributed by atoms with Crippen molar-refractivity contribution in [1.82, 2.24) is 5.32 Å². The highest BCUT2D eigenvalue weighted by Gasteiger charge is 2.41. The van der Waals surface area contributed by atoms with E-state index in [9.17, 15) is 22.8 Å². The standard InChI is InChI=1S/C11H8F3NO2/c12-11(13,14)10(17)15-8-5-9(16)7-4-2-1-3-6(7)8/h1-4,8H,5H2,(H,15,17). The molecule has 1 unspecified atom stereocenters. The fourth-order valence-corrected chi connectivity index (χ4v) is 1.83. The summed E-state index contributed by atoms with van der Waals surface area (Å²) in [5.41, 5.74) is 0.815. The number of hydrogen-bond acceptors (Lipinski definition) is 2. The van der Waals surface area contributed by atoms with Gasteiger partial charge in [-0.1, -0.05) is 24.3 Å². The molecule has 1 aliphatic rings. The minimum atomic E-state index is -4.93. The van der Waals surface area contributed by atoms with E-state index in [1.807, 2.05) is 5.32 Å². The second kappa shape index (κ2) is 3.87. The molecule has 0 saturated carbocycles. The number of hydrogen-bond donors (Lipinski definition) is 1. The normalized spacial score (nSPS) is 19.0. The maximum Gasteiger partial charge on any atom is 0.471 e. The number of rotatable bonds is 1. The number of ketones is 1. The van der Waals surface area contributed by atoms with Gasteiger partial charge in [0.1, 0.15) is 0 Å². The number of fused-ring (bicyclic) bond motifs is 1. The Balaban J connectivity index is 2.21. The summed E-state index contributed by atoms with van der Waals surface area (Å²) in [6, 6.07) is 5.45. The molecule has 0 aromatic heterocycles. The first-order valence-corrected chi connectivity index (χ1v) is 4.89. The average molecular weight is 243 g/mol. The molecule has 1 N–H and O–H groups in total. The van der Waals surface area contributed by atoms with E-state index < -0.39 is 18.1 Å². The molecule has 0 spiro atoms. The predicted octanol–water partition coefficient (Wildman–Crippen LogP) is 1.99. The van der Waals surface area contributed by atoms with Crippen LogP contribution in [0.5, 0.6) is 0 Å². The number of amides is 1. The van der Waals surface area contributed by atoms with Crippen molar-refractivity contribution in [2.24, 2.45) is 0 Å². The Kier molecular flexibility index (Phi) is 2.65. The molecule has 1 aliphatic carbocycles. The van der Waals surface area contributed by atoms with Crippen molar-refractivity contribution in [3.63, 3.8) is 0 Å². The molecule has 1 atom stereocenters. The fourth-order valence-electron chi connectivity index (χ4n) is 1.83. The maximum atomic E-state index is 12.1. The third kappa shape index (κ3) is 2.15. The summed E-state index contributed by atoms with van der Waals surface area (Å²) in [6.45, 7) is 0. The molecule has 1 aromatic carbocycles. The minimum Gasteiger partial charge on any atom is -0.341 e. The van der Waals surface area contributed by atoms with Gasteiger partial charge in [-0.25, -0.2) is 0 Å². The van der Waals surface area contributed by atoms with Crippen molar-refractivity contribution in [2.75, 3.05) is 0 Å². The zero-order valence-electron chi connectivity index (χ0n) is 8.54. The first kappa shape index (κ1) is 11.6. The molecule has 0 fully saturated rings. The predicted molar refractivity (Wildman–Crippen MR) is 52.3 cm³/mol. The highest BCUT2D eigenvalue weighted by atomic mass is 19.4. The highest BCUT2D eigenvalue weighted by Crippen LogP contribution is 2.31. The van der Waals surface area contributed by atoms with E-state index in [-0.39, 0.29) is 12.2 Å². The Bertz CT molecular complexity index is 482. The van der Waals surface area contributed by atoms with E-state index in [0.717, 1.165) is 0 Å². The lowest BCUT2D eigenvalue weighted by Crippen LogP contribution is -2.38. The van der Waals surface area contributed by atoms with Gasteiger partial charge in [-0.2, -0.15) is 13.2 Å². The summed E-state index contributed by atoms with van der Waals surface area (Å²) in [6.07, 6.45) is -5.05. The smallest absolute Gasteiger partial charge is 0.341 e. The molecule has 1 amide bonds. The number of Topliss-reactive ketones (excluding diaryl/α,β-unsaturated/α-hetero) is 1. The van der Waals surface area contributed by atoms with Crippen LogP contribution < -0.4 is 5.32 Å². The lowest BCUT2D eigenvalue weighted by Gasteiger charge is -2.14. The van der Waals surface area contributed by atoms with E-state index in [4.69, 9.17) is 0 Å². The van der Waals surface area contributed by atoms with Crippen LogP contribution >= 0.6 is 0 Å². The van der Waals surface area contributed by atoms with Crippen LogP contribution in [-0.2, 0) is 4.79 Å². The Morgan fingerprint density at radius 3 is 2.59 bits per heavy atom. The molecule has 3 nitrogen and oxygen atoms in total. The number of nitrogens with one attached hydrogen (secondary N) is 1. The van der Waals surface area contributed by atoms with Crippen LogP contribution in [0.4, 0.5) is 13.2 Å². The van der Waals surface area contributed by atoms with Gasteiger partial charge in [-0.05, 0) is 5.56 Å². The largest absolute Gasteiger partial charge is 0.471 e. The lowest BCUT2D eigenvalue weighted by atomic mass is 10.1. The quantitative estimate of drug-likeness (QED) is 0.819. The molecule has 0 bridgehead atoms. The van der Waals surface area contributed by atoms with Gasteiger partial charge in [0, 0.05) is 12.0 Å². The van der Waals surface area contributed by atoms with Crippen LogP contribution in [0.15, 0.2) is 24.3 Å². The third-order valence-electron chi connectivity index (χ3n) is 2.59. The van der Waals surface area contributed by atoms with Crippen molar-refractivity contribution in [1.29, 1.82) is 0 Å². The summed E-state index contributed by atoms with van der Waals surface area (Å²) < 4.78 is 36.2. The molecule has 1 aromatic rings.